The lowest BCUT2D eigenvalue weighted by atomic mass is 9.98. The molecular weight excluding hydrogens is 400 g/mol. The van der Waals surface area contributed by atoms with Gasteiger partial charge in [0.2, 0.25) is 0 Å². The quantitative estimate of drug-likeness (QED) is 0.598. The number of imidazole rings is 1. The molecule has 1 aromatic carbocycles. The van der Waals surface area contributed by atoms with Crippen molar-refractivity contribution in [2.45, 2.75) is 57.7 Å². The van der Waals surface area contributed by atoms with E-state index in [-0.39, 0.29) is 11.7 Å². The minimum atomic E-state index is -0.134. The summed E-state index contributed by atoms with van der Waals surface area (Å²) >= 11 is 6.58. The van der Waals surface area contributed by atoms with Crippen LogP contribution >= 0.6 is 11.6 Å². The van der Waals surface area contributed by atoms with Gasteiger partial charge in [0.05, 0.1) is 16.2 Å². The smallest absolute Gasteiger partial charge is 0.296 e. The van der Waals surface area contributed by atoms with Gasteiger partial charge in [0.25, 0.3) is 6.01 Å². The van der Waals surface area contributed by atoms with E-state index in [1.165, 1.54) is 19.3 Å². The Morgan fingerprint density at radius 1 is 1.10 bits per heavy atom. The molecule has 2 fully saturated rings. The molecule has 1 aliphatic heterocycles. The number of halogens is 1. The Balaban J connectivity index is 1.40. The Morgan fingerprint density at radius 3 is 2.60 bits per heavy atom. The fraction of sp³-hybridized carbons (Fsp3) is 0.478. The molecule has 1 saturated carbocycles. The normalized spacial score (nSPS) is 18.9. The number of nitrogens with one attached hydrogen (secondary N) is 2. The standard InChI is InChI=1S/C23H27ClN4O2/c1-14-10-15(8-9-19(14)30-23(2)12-25-13-23)20-17(24)11-18-21(27-20)28-22(26-18)29-16-6-4-3-5-7-16/h8-11,16,25H,3-7,12-13H2,1-2H3,(H,26,27,28). The maximum absolute atomic E-state index is 6.58. The fourth-order valence-electron chi connectivity index (χ4n) is 4.22. The predicted octanol–water partition coefficient (Wildman–Crippen LogP) is 5.04. The Hall–Kier alpha value is -2.31. The van der Waals surface area contributed by atoms with E-state index in [4.69, 9.17) is 26.1 Å². The van der Waals surface area contributed by atoms with Crippen LogP contribution in [0.4, 0.5) is 0 Å². The first-order chi connectivity index (χ1) is 14.5. The van der Waals surface area contributed by atoms with Crippen LogP contribution in [0.25, 0.3) is 22.4 Å². The zero-order valence-corrected chi connectivity index (χ0v) is 18.2. The van der Waals surface area contributed by atoms with Crippen molar-refractivity contribution in [2.24, 2.45) is 0 Å². The molecule has 5 rings (SSSR count). The zero-order valence-electron chi connectivity index (χ0n) is 17.4. The lowest BCUT2D eigenvalue weighted by Crippen LogP contribution is -2.61. The molecule has 158 valence electrons. The predicted molar refractivity (Wildman–Crippen MR) is 118 cm³/mol. The van der Waals surface area contributed by atoms with Gasteiger partial charge in [-0.1, -0.05) is 18.0 Å². The van der Waals surface area contributed by atoms with Crippen molar-refractivity contribution in [3.8, 4) is 23.0 Å². The van der Waals surface area contributed by atoms with Gasteiger partial charge in [-0.2, -0.15) is 4.98 Å². The first-order valence-corrected chi connectivity index (χ1v) is 11.1. The molecule has 2 aromatic heterocycles. The molecule has 7 heteroatoms. The van der Waals surface area contributed by atoms with Crippen LogP contribution in [0.5, 0.6) is 11.8 Å². The van der Waals surface area contributed by atoms with Crippen molar-refractivity contribution < 1.29 is 9.47 Å². The van der Waals surface area contributed by atoms with Crippen molar-refractivity contribution >= 4 is 22.8 Å². The third kappa shape index (κ3) is 3.86. The number of nitrogens with zero attached hydrogens (tertiary/aromatic N) is 2. The fourth-order valence-corrected chi connectivity index (χ4v) is 4.48. The van der Waals surface area contributed by atoms with Crippen molar-refractivity contribution in [2.75, 3.05) is 13.1 Å². The maximum atomic E-state index is 6.58. The minimum absolute atomic E-state index is 0.134. The summed E-state index contributed by atoms with van der Waals surface area (Å²) in [6, 6.07) is 8.47. The second-order valence-electron chi connectivity index (χ2n) is 8.75. The van der Waals surface area contributed by atoms with Crippen LogP contribution in [0, 0.1) is 6.92 Å². The Bertz CT molecular complexity index is 1070. The van der Waals surface area contributed by atoms with Gasteiger partial charge >= 0.3 is 0 Å². The van der Waals surface area contributed by atoms with Gasteiger partial charge in [-0.05, 0) is 69.4 Å². The molecular formula is C23H27ClN4O2. The number of pyridine rings is 1. The topological polar surface area (TPSA) is 72.1 Å². The summed E-state index contributed by atoms with van der Waals surface area (Å²) in [5.74, 6) is 0.892. The number of H-pyrrole nitrogens is 1. The van der Waals surface area contributed by atoms with Crippen LogP contribution in [0.1, 0.15) is 44.6 Å². The molecule has 0 bridgehead atoms. The number of rotatable bonds is 5. The first-order valence-electron chi connectivity index (χ1n) is 10.7. The summed E-state index contributed by atoms with van der Waals surface area (Å²) in [6.07, 6.45) is 6.12. The van der Waals surface area contributed by atoms with Crippen LogP contribution in [0.2, 0.25) is 5.02 Å². The highest BCUT2D eigenvalue weighted by atomic mass is 35.5. The highest BCUT2D eigenvalue weighted by molar-refractivity contribution is 6.33. The minimum Gasteiger partial charge on any atom is -0.485 e. The molecule has 0 unspecified atom stereocenters. The molecule has 0 spiro atoms. The SMILES string of the molecule is Cc1cc(-c2nc3nc(OC4CCCCC4)[nH]c3cc2Cl)ccc1OC1(C)CNC1. The summed E-state index contributed by atoms with van der Waals surface area (Å²) < 4.78 is 12.2. The van der Waals surface area contributed by atoms with Gasteiger partial charge in [0.15, 0.2) is 5.65 Å². The summed E-state index contributed by atoms with van der Waals surface area (Å²) in [5.41, 5.74) is 3.99. The first kappa shape index (κ1) is 19.6. The number of aryl methyl sites for hydroxylation is 1. The average Bonchev–Trinajstić information content (AvgIpc) is 3.09. The lowest BCUT2D eigenvalue weighted by Gasteiger charge is -2.39. The molecule has 2 N–H and O–H groups in total. The van der Waals surface area contributed by atoms with Gasteiger partial charge < -0.3 is 19.8 Å². The maximum Gasteiger partial charge on any atom is 0.296 e. The van der Waals surface area contributed by atoms with Gasteiger partial charge in [-0.25, -0.2) is 4.98 Å². The van der Waals surface area contributed by atoms with E-state index in [0.717, 1.165) is 48.3 Å². The van der Waals surface area contributed by atoms with Gasteiger partial charge in [-0.15, -0.1) is 0 Å². The van der Waals surface area contributed by atoms with E-state index in [1.54, 1.807) is 0 Å². The van der Waals surface area contributed by atoms with Crippen molar-refractivity contribution in [3.63, 3.8) is 0 Å². The van der Waals surface area contributed by atoms with Gasteiger partial charge in [-0.3, -0.25) is 0 Å². The molecule has 6 nitrogen and oxygen atoms in total. The molecule has 1 aliphatic carbocycles. The van der Waals surface area contributed by atoms with Crippen molar-refractivity contribution in [1.29, 1.82) is 0 Å². The zero-order chi connectivity index (χ0) is 20.7. The van der Waals surface area contributed by atoms with Crippen LogP contribution in [0.3, 0.4) is 0 Å². The van der Waals surface area contributed by atoms with Gasteiger partial charge in [0.1, 0.15) is 17.5 Å². The molecule has 2 aliphatic rings. The lowest BCUT2D eigenvalue weighted by molar-refractivity contribution is 0.0342. The number of benzene rings is 1. The number of hydrogen-bond donors (Lipinski definition) is 2. The third-order valence-electron chi connectivity index (χ3n) is 6.04. The monoisotopic (exact) mass is 426 g/mol. The molecule has 3 heterocycles. The average molecular weight is 427 g/mol. The summed E-state index contributed by atoms with van der Waals surface area (Å²) in [7, 11) is 0. The van der Waals surface area contributed by atoms with E-state index in [1.807, 2.05) is 25.1 Å². The van der Waals surface area contributed by atoms with E-state index in [2.05, 4.69) is 28.3 Å². The number of hydrogen-bond acceptors (Lipinski definition) is 5. The number of aromatic nitrogens is 3. The molecule has 30 heavy (non-hydrogen) atoms. The van der Waals surface area contributed by atoms with E-state index in [9.17, 15) is 0 Å². The number of aromatic amines is 1. The molecule has 1 saturated heterocycles. The summed E-state index contributed by atoms with van der Waals surface area (Å²) in [6.45, 7) is 5.89. The largest absolute Gasteiger partial charge is 0.485 e. The highest BCUT2D eigenvalue weighted by Crippen LogP contribution is 2.34. The Morgan fingerprint density at radius 2 is 1.90 bits per heavy atom. The number of ether oxygens (including phenoxy) is 2. The van der Waals surface area contributed by atoms with E-state index in [0.29, 0.717) is 22.4 Å². The second kappa shape index (κ2) is 7.75. The van der Waals surface area contributed by atoms with Gasteiger partial charge in [0, 0.05) is 18.7 Å². The molecule has 0 atom stereocenters. The van der Waals surface area contributed by atoms with Crippen LogP contribution < -0.4 is 14.8 Å². The highest BCUT2D eigenvalue weighted by Gasteiger charge is 2.34. The third-order valence-corrected chi connectivity index (χ3v) is 6.33. The molecule has 3 aromatic rings. The van der Waals surface area contributed by atoms with Crippen LogP contribution in [-0.4, -0.2) is 39.7 Å². The second-order valence-corrected chi connectivity index (χ2v) is 9.15. The summed E-state index contributed by atoms with van der Waals surface area (Å²) in [4.78, 5) is 12.5. The molecule has 0 radical (unpaired) electrons. The van der Waals surface area contributed by atoms with Crippen molar-refractivity contribution in [3.05, 3.63) is 34.9 Å². The Labute approximate surface area is 181 Å². The van der Waals surface area contributed by atoms with E-state index < -0.39 is 0 Å². The van der Waals surface area contributed by atoms with Crippen LogP contribution in [-0.2, 0) is 0 Å². The Kier molecular flexibility index (Phi) is 5.07. The summed E-state index contributed by atoms with van der Waals surface area (Å²) in [5, 5.41) is 3.84. The number of fused-ring (bicyclic) bond motifs is 1. The molecule has 0 amide bonds. The van der Waals surface area contributed by atoms with Crippen LogP contribution in [0.15, 0.2) is 24.3 Å². The van der Waals surface area contributed by atoms with Crippen molar-refractivity contribution in [1.82, 2.24) is 20.3 Å². The van der Waals surface area contributed by atoms with E-state index >= 15 is 0 Å².